The van der Waals surface area contributed by atoms with Crippen molar-refractivity contribution in [3.63, 3.8) is 0 Å². The number of rotatable bonds is 10. The van der Waals surface area contributed by atoms with Gasteiger partial charge in [0, 0.05) is 17.8 Å². The van der Waals surface area contributed by atoms with Crippen molar-refractivity contribution in [3.8, 4) is 0 Å². The molecule has 0 aromatic heterocycles. The normalized spacial score (nSPS) is 33.8. The first-order chi connectivity index (χ1) is 20.0. The van der Waals surface area contributed by atoms with Gasteiger partial charge in [-0.2, -0.15) is 0 Å². The van der Waals surface area contributed by atoms with Crippen LogP contribution < -0.4 is 0 Å². The van der Waals surface area contributed by atoms with Crippen molar-refractivity contribution in [1.82, 2.24) is 0 Å². The van der Waals surface area contributed by atoms with Gasteiger partial charge in [0.25, 0.3) is 0 Å². The highest BCUT2D eigenvalue weighted by molar-refractivity contribution is 5.37. The van der Waals surface area contributed by atoms with Gasteiger partial charge in [-0.25, -0.2) is 0 Å². The Labute approximate surface area is 262 Å². The van der Waals surface area contributed by atoms with Gasteiger partial charge in [-0.15, -0.1) is 0 Å². The van der Waals surface area contributed by atoms with Gasteiger partial charge in [0.15, 0.2) is 0 Å². The maximum absolute atomic E-state index is 10.2. The van der Waals surface area contributed by atoms with Crippen LogP contribution in [0.2, 0.25) is 0 Å². The van der Waals surface area contributed by atoms with E-state index in [9.17, 15) is 10.2 Å². The Morgan fingerprint density at radius 1 is 0.721 bits per heavy atom. The van der Waals surface area contributed by atoms with Crippen LogP contribution in [0.25, 0.3) is 0 Å². The molecule has 2 unspecified atom stereocenters. The number of aliphatic hydroxyl groups is 2. The van der Waals surface area contributed by atoms with Crippen molar-refractivity contribution in [2.45, 2.75) is 112 Å². The van der Waals surface area contributed by atoms with Gasteiger partial charge >= 0.3 is 0 Å². The van der Waals surface area contributed by atoms with Crippen LogP contribution in [0.4, 0.5) is 0 Å². The van der Waals surface area contributed by atoms with Gasteiger partial charge in [0.1, 0.15) is 11.2 Å². The fraction of sp³-hybridized carbons (Fsp3) is 0.500. The number of hydrogen-bond donors (Lipinski definition) is 2. The van der Waals surface area contributed by atoms with Crippen molar-refractivity contribution >= 4 is 0 Å². The molecule has 0 aromatic carbocycles. The molecule has 5 atom stereocenters. The minimum atomic E-state index is -0.333. The molecular formula is C40H56O3. The Kier molecular flexibility index (Phi) is 11.3. The minimum Gasteiger partial charge on any atom is -0.393 e. The van der Waals surface area contributed by atoms with Crippen molar-refractivity contribution < 1.29 is 14.9 Å². The maximum atomic E-state index is 10.2. The Balaban J connectivity index is 1.49. The molecule has 0 radical (unpaired) electrons. The second-order valence-electron chi connectivity index (χ2n) is 14.6. The largest absolute Gasteiger partial charge is 0.393 e. The van der Waals surface area contributed by atoms with E-state index in [0.717, 1.165) is 12.8 Å². The van der Waals surface area contributed by atoms with E-state index in [4.69, 9.17) is 4.74 Å². The number of hydrogen-bond acceptors (Lipinski definition) is 3. The Morgan fingerprint density at radius 3 is 1.77 bits per heavy atom. The van der Waals surface area contributed by atoms with Crippen molar-refractivity contribution in [1.29, 1.82) is 0 Å². The van der Waals surface area contributed by atoms with Crippen LogP contribution in [0, 0.1) is 16.7 Å². The molecule has 1 aliphatic heterocycles. The highest BCUT2D eigenvalue weighted by Gasteiger charge is 2.74. The van der Waals surface area contributed by atoms with Crippen molar-refractivity contribution in [2.75, 3.05) is 0 Å². The Morgan fingerprint density at radius 2 is 1.23 bits per heavy atom. The molecule has 0 amide bonds. The summed E-state index contributed by atoms with van der Waals surface area (Å²) in [6.07, 6.45) is 33.5. The molecule has 0 spiro atoms. The summed E-state index contributed by atoms with van der Waals surface area (Å²) in [5, 5.41) is 20.3. The van der Waals surface area contributed by atoms with E-state index < -0.39 is 0 Å². The number of epoxide rings is 1. The molecule has 2 fully saturated rings. The molecular weight excluding hydrogens is 528 g/mol. The van der Waals surface area contributed by atoms with Gasteiger partial charge < -0.3 is 14.9 Å². The zero-order chi connectivity index (χ0) is 32.1. The topological polar surface area (TPSA) is 53.0 Å². The van der Waals surface area contributed by atoms with Crippen molar-refractivity contribution in [3.05, 3.63) is 119 Å². The Hall–Kier alpha value is -2.72. The SMILES string of the molecule is CC1=C[C@H](O)CC(C)(C)[C@H]1/C=C/C(C)=C/C=C/C(C)=C\C=C\C=C(C)\C=C\C=C(C)/C=C/C12OC1(C)C[C@H](O)CC2(C)C. The first kappa shape index (κ1) is 34.8. The van der Waals surface area contributed by atoms with Crippen LogP contribution in [0.1, 0.15) is 88.5 Å². The van der Waals surface area contributed by atoms with Crippen LogP contribution in [0.5, 0.6) is 0 Å². The van der Waals surface area contributed by atoms with E-state index in [1.807, 2.05) is 6.08 Å². The summed E-state index contributed by atoms with van der Waals surface area (Å²) in [7, 11) is 0. The molecule has 2 N–H and O–H groups in total. The smallest absolute Gasteiger partial charge is 0.121 e. The summed E-state index contributed by atoms with van der Waals surface area (Å²) in [4.78, 5) is 0. The van der Waals surface area contributed by atoms with Gasteiger partial charge in [-0.3, -0.25) is 0 Å². The van der Waals surface area contributed by atoms with Crippen molar-refractivity contribution in [2.24, 2.45) is 16.7 Å². The summed E-state index contributed by atoms with van der Waals surface area (Å²) in [6.45, 7) is 21.5. The van der Waals surface area contributed by atoms with Gasteiger partial charge in [-0.1, -0.05) is 141 Å². The predicted octanol–water partition coefficient (Wildman–Crippen LogP) is 9.61. The van der Waals surface area contributed by atoms with E-state index >= 15 is 0 Å². The highest BCUT2D eigenvalue weighted by Crippen LogP contribution is 2.66. The lowest BCUT2D eigenvalue weighted by atomic mass is 9.63. The molecule has 234 valence electrons. The van der Waals surface area contributed by atoms with E-state index in [-0.39, 0.29) is 34.2 Å². The van der Waals surface area contributed by atoms with Gasteiger partial charge in [-0.05, 0) is 65.9 Å². The molecule has 1 heterocycles. The molecule has 0 bridgehead atoms. The van der Waals surface area contributed by atoms with Crippen LogP contribution in [0.3, 0.4) is 0 Å². The summed E-state index contributed by atoms with van der Waals surface area (Å²) < 4.78 is 6.25. The number of allylic oxidation sites excluding steroid dienone is 18. The summed E-state index contributed by atoms with van der Waals surface area (Å²) in [6, 6.07) is 0. The van der Waals surface area contributed by atoms with Gasteiger partial charge in [0.05, 0.1) is 12.2 Å². The molecule has 0 aromatic rings. The second-order valence-corrected chi connectivity index (χ2v) is 14.6. The average Bonchev–Trinajstić information content (AvgIpc) is 3.49. The zero-order valence-corrected chi connectivity index (χ0v) is 28.3. The van der Waals surface area contributed by atoms with Crippen LogP contribution in [0.15, 0.2) is 119 Å². The maximum Gasteiger partial charge on any atom is 0.121 e. The quantitative estimate of drug-likeness (QED) is 0.153. The monoisotopic (exact) mass is 584 g/mol. The Bertz CT molecular complexity index is 1320. The molecule has 1 saturated carbocycles. The third-order valence-corrected chi connectivity index (χ3v) is 9.43. The van der Waals surface area contributed by atoms with Crippen LogP contribution >= 0.6 is 0 Å². The third-order valence-electron chi connectivity index (χ3n) is 9.43. The molecule has 3 aliphatic rings. The first-order valence-corrected chi connectivity index (χ1v) is 15.8. The second kappa shape index (κ2) is 13.9. The molecule has 1 saturated heterocycles. The molecule has 2 aliphatic carbocycles. The molecule has 43 heavy (non-hydrogen) atoms. The lowest BCUT2D eigenvalue weighted by Gasteiger charge is -2.39. The summed E-state index contributed by atoms with van der Waals surface area (Å²) in [5.41, 5.74) is 5.38. The van der Waals surface area contributed by atoms with E-state index in [2.05, 4.69) is 154 Å². The van der Waals surface area contributed by atoms with Crippen LogP contribution in [-0.2, 0) is 4.74 Å². The molecule has 3 rings (SSSR count). The fourth-order valence-corrected chi connectivity index (χ4v) is 7.07. The third kappa shape index (κ3) is 8.91. The summed E-state index contributed by atoms with van der Waals surface area (Å²) in [5.74, 6) is 0.345. The van der Waals surface area contributed by atoms with Crippen LogP contribution in [-0.4, -0.2) is 33.6 Å². The summed E-state index contributed by atoms with van der Waals surface area (Å²) >= 11 is 0. The lowest BCUT2D eigenvalue weighted by Crippen LogP contribution is -2.46. The number of fused-ring (bicyclic) bond motifs is 1. The predicted molar refractivity (Wildman–Crippen MR) is 184 cm³/mol. The minimum absolute atomic E-state index is 0.0547. The standard InChI is InChI=1S/C40H56O3/c1-29(17-13-19-31(3)21-22-36-33(5)25-34(41)26-37(36,6)7)15-11-12-16-30(2)18-14-20-32(4)23-24-40-38(8,9)27-35(42)28-39(40,10)43-40/h11-25,34-36,41-42H,26-28H2,1-10H3/b12-11+,17-13+,18-14+,22-21+,24-23+,29-15-,30-16+,31-19+,32-20-/t34-,35+,36-,39?,40?/m0/s1. The van der Waals surface area contributed by atoms with E-state index in [0.29, 0.717) is 12.3 Å². The average molecular weight is 585 g/mol. The van der Waals surface area contributed by atoms with E-state index in [1.165, 1.54) is 27.9 Å². The first-order valence-electron chi connectivity index (χ1n) is 15.8. The number of ether oxygens (including phenoxy) is 1. The fourth-order valence-electron chi connectivity index (χ4n) is 7.07. The van der Waals surface area contributed by atoms with Gasteiger partial charge in [0.2, 0.25) is 0 Å². The number of aliphatic hydroxyl groups excluding tert-OH is 2. The zero-order valence-electron chi connectivity index (χ0n) is 28.3. The van der Waals surface area contributed by atoms with E-state index in [1.54, 1.807) is 0 Å². The lowest BCUT2D eigenvalue weighted by molar-refractivity contribution is 0.0515. The highest BCUT2D eigenvalue weighted by atomic mass is 16.6. The molecule has 3 heteroatoms. The molecule has 3 nitrogen and oxygen atoms in total.